The standard InChI is InChI=1S/C14H24/c1-13-8-3-4-9-14(2,10-13)12-7-5-6-11(12)13/h11-12H,3-10H2,1-2H3. The molecule has 0 aromatic carbocycles. The molecular formula is C14H24. The van der Waals surface area contributed by atoms with Gasteiger partial charge in [0.15, 0.2) is 0 Å². The van der Waals surface area contributed by atoms with Crippen molar-refractivity contribution in [1.82, 2.24) is 0 Å². The second-order valence-corrected chi connectivity index (χ2v) is 6.84. The van der Waals surface area contributed by atoms with Crippen LogP contribution in [-0.2, 0) is 0 Å². The fourth-order valence-electron chi connectivity index (χ4n) is 5.42. The molecular weight excluding hydrogens is 168 g/mol. The highest BCUT2D eigenvalue weighted by Gasteiger charge is 2.57. The quantitative estimate of drug-likeness (QED) is 0.534. The monoisotopic (exact) mass is 192 g/mol. The van der Waals surface area contributed by atoms with Crippen LogP contribution < -0.4 is 0 Å². The normalized spacial score (nSPS) is 57.0. The molecule has 0 aromatic rings. The van der Waals surface area contributed by atoms with Crippen molar-refractivity contribution in [3.63, 3.8) is 0 Å². The van der Waals surface area contributed by atoms with Crippen LogP contribution >= 0.6 is 0 Å². The maximum atomic E-state index is 2.60. The Labute approximate surface area is 88.5 Å². The van der Waals surface area contributed by atoms with Crippen LogP contribution in [0.3, 0.4) is 0 Å². The van der Waals surface area contributed by atoms with E-state index in [-0.39, 0.29) is 0 Å². The third-order valence-electron chi connectivity index (χ3n) is 5.86. The van der Waals surface area contributed by atoms with Gasteiger partial charge in [-0.1, -0.05) is 33.1 Å². The van der Waals surface area contributed by atoms with Gasteiger partial charge in [0.2, 0.25) is 0 Å². The van der Waals surface area contributed by atoms with Gasteiger partial charge in [-0.2, -0.15) is 0 Å². The SMILES string of the molecule is CC12CCCCC(C)(C1)C1CCCC12. The Kier molecular flexibility index (Phi) is 1.83. The van der Waals surface area contributed by atoms with Crippen LogP contribution in [0.4, 0.5) is 0 Å². The molecule has 3 saturated carbocycles. The van der Waals surface area contributed by atoms with E-state index < -0.39 is 0 Å². The Bertz CT molecular complexity index is 220. The molecule has 0 aromatic heterocycles. The molecule has 80 valence electrons. The zero-order valence-corrected chi connectivity index (χ0v) is 9.81. The molecule has 3 aliphatic carbocycles. The third kappa shape index (κ3) is 1.06. The molecule has 0 N–H and O–H groups in total. The third-order valence-corrected chi connectivity index (χ3v) is 5.86. The van der Waals surface area contributed by atoms with Crippen molar-refractivity contribution in [2.75, 3.05) is 0 Å². The molecule has 4 unspecified atom stereocenters. The largest absolute Gasteiger partial charge is 0.0593 e. The number of hydrogen-bond acceptors (Lipinski definition) is 0. The van der Waals surface area contributed by atoms with Gasteiger partial charge in [-0.15, -0.1) is 0 Å². The Morgan fingerprint density at radius 1 is 0.786 bits per heavy atom. The summed E-state index contributed by atoms with van der Waals surface area (Å²) in [5.41, 5.74) is 1.48. The summed E-state index contributed by atoms with van der Waals surface area (Å²) in [6.07, 6.45) is 12.3. The van der Waals surface area contributed by atoms with Gasteiger partial charge in [-0.3, -0.25) is 0 Å². The summed E-state index contributed by atoms with van der Waals surface area (Å²) in [5.74, 6) is 2.21. The van der Waals surface area contributed by atoms with Crippen molar-refractivity contribution in [3.8, 4) is 0 Å². The van der Waals surface area contributed by atoms with Crippen LogP contribution in [0, 0.1) is 22.7 Å². The average Bonchev–Trinajstić information content (AvgIpc) is 2.63. The average molecular weight is 192 g/mol. The Morgan fingerprint density at radius 2 is 1.29 bits per heavy atom. The predicted octanol–water partition coefficient (Wildman–Crippen LogP) is 4.39. The maximum absolute atomic E-state index is 2.60. The van der Waals surface area contributed by atoms with Crippen LogP contribution in [0.2, 0.25) is 0 Å². The van der Waals surface area contributed by atoms with Gasteiger partial charge >= 0.3 is 0 Å². The second-order valence-electron chi connectivity index (χ2n) is 6.84. The van der Waals surface area contributed by atoms with E-state index in [1.54, 1.807) is 19.3 Å². The summed E-state index contributed by atoms with van der Waals surface area (Å²) in [5, 5.41) is 0. The van der Waals surface area contributed by atoms with Crippen molar-refractivity contribution >= 4 is 0 Å². The first-order valence-electron chi connectivity index (χ1n) is 6.64. The van der Waals surface area contributed by atoms with Crippen molar-refractivity contribution in [1.29, 1.82) is 0 Å². The summed E-state index contributed by atoms with van der Waals surface area (Å²) in [4.78, 5) is 0. The van der Waals surface area contributed by atoms with Crippen molar-refractivity contribution in [2.24, 2.45) is 22.7 Å². The molecule has 3 aliphatic rings. The number of rotatable bonds is 0. The highest BCUT2D eigenvalue weighted by molar-refractivity contribution is 5.07. The van der Waals surface area contributed by atoms with E-state index in [4.69, 9.17) is 0 Å². The van der Waals surface area contributed by atoms with Crippen LogP contribution in [0.25, 0.3) is 0 Å². The van der Waals surface area contributed by atoms with Gasteiger partial charge < -0.3 is 0 Å². The molecule has 0 saturated heterocycles. The first-order valence-corrected chi connectivity index (χ1v) is 6.64. The minimum absolute atomic E-state index is 0.742. The molecule has 14 heavy (non-hydrogen) atoms. The Balaban J connectivity index is 1.99. The molecule has 0 nitrogen and oxygen atoms in total. The molecule has 0 heteroatoms. The van der Waals surface area contributed by atoms with E-state index in [1.165, 1.54) is 32.1 Å². The van der Waals surface area contributed by atoms with Gasteiger partial charge in [0, 0.05) is 0 Å². The minimum Gasteiger partial charge on any atom is -0.0593 e. The van der Waals surface area contributed by atoms with Gasteiger partial charge in [-0.25, -0.2) is 0 Å². The van der Waals surface area contributed by atoms with Gasteiger partial charge in [0.1, 0.15) is 0 Å². The van der Waals surface area contributed by atoms with E-state index >= 15 is 0 Å². The first kappa shape index (κ1) is 9.24. The van der Waals surface area contributed by atoms with E-state index in [0.29, 0.717) is 0 Å². The first-order chi connectivity index (χ1) is 6.64. The number of fused-ring (bicyclic) bond motifs is 5. The Morgan fingerprint density at radius 3 is 1.79 bits per heavy atom. The molecule has 0 heterocycles. The Hall–Kier alpha value is 0. The fraction of sp³-hybridized carbons (Fsp3) is 1.00. The smallest absolute Gasteiger partial charge is 0.0289 e. The second kappa shape index (κ2) is 2.77. The van der Waals surface area contributed by atoms with E-state index in [1.807, 2.05) is 0 Å². The summed E-state index contributed by atoms with van der Waals surface area (Å²) in [6.45, 7) is 5.21. The van der Waals surface area contributed by atoms with Crippen LogP contribution in [0.1, 0.15) is 65.2 Å². The fourth-order valence-corrected chi connectivity index (χ4v) is 5.42. The van der Waals surface area contributed by atoms with E-state index in [9.17, 15) is 0 Å². The van der Waals surface area contributed by atoms with Crippen LogP contribution in [0.5, 0.6) is 0 Å². The molecule has 0 radical (unpaired) electrons. The van der Waals surface area contributed by atoms with E-state index in [2.05, 4.69) is 13.8 Å². The minimum atomic E-state index is 0.742. The molecule has 0 spiro atoms. The highest BCUT2D eigenvalue weighted by atomic mass is 14.6. The lowest BCUT2D eigenvalue weighted by Gasteiger charge is -2.32. The molecule has 2 bridgehead atoms. The zero-order valence-electron chi connectivity index (χ0n) is 9.81. The lowest BCUT2D eigenvalue weighted by atomic mass is 9.73. The van der Waals surface area contributed by atoms with Crippen LogP contribution in [0.15, 0.2) is 0 Å². The molecule has 0 amide bonds. The van der Waals surface area contributed by atoms with Crippen molar-refractivity contribution in [2.45, 2.75) is 65.2 Å². The van der Waals surface area contributed by atoms with Crippen molar-refractivity contribution in [3.05, 3.63) is 0 Å². The zero-order chi connectivity index (χ0) is 9.81. The lowest BCUT2D eigenvalue weighted by molar-refractivity contribution is 0.172. The highest BCUT2D eigenvalue weighted by Crippen LogP contribution is 2.67. The van der Waals surface area contributed by atoms with Crippen molar-refractivity contribution < 1.29 is 0 Å². The number of hydrogen-bond donors (Lipinski definition) is 0. The molecule has 4 atom stereocenters. The predicted molar refractivity (Wildman–Crippen MR) is 60.1 cm³/mol. The van der Waals surface area contributed by atoms with Crippen LogP contribution in [-0.4, -0.2) is 0 Å². The van der Waals surface area contributed by atoms with Gasteiger partial charge in [-0.05, 0) is 54.8 Å². The molecule has 0 aliphatic heterocycles. The summed E-state index contributed by atoms with van der Waals surface area (Å²) >= 11 is 0. The van der Waals surface area contributed by atoms with Gasteiger partial charge in [0.05, 0.1) is 0 Å². The topological polar surface area (TPSA) is 0 Å². The summed E-state index contributed by atoms with van der Waals surface area (Å²) < 4.78 is 0. The lowest BCUT2D eigenvalue weighted by Crippen LogP contribution is -2.24. The molecule has 3 fully saturated rings. The summed E-state index contributed by atoms with van der Waals surface area (Å²) in [7, 11) is 0. The maximum Gasteiger partial charge on any atom is -0.0289 e. The molecule has 3 rings (SSSR count). The summed E-state index contributed by atoms with van der Waals surface area (Å²) in [6, 6.07) is 0. The van der Waals surface area contributed by atoms with E-state index in [0.717, 1.165) is 22.7 Å². The van der Waals surface area contributed by atoms with Gasteiger partial charge in [0.25, 0.3) is 0 Å².